The van der Waals surface area contributed by atoms with Gasteiger partial charge in [0, 0.05) is 19.6 Å². The first-order valence-corrected chi connectivity index (χ1v) is 12.3. The Balaban J connectivity index is 3.89. The van der Waals surface area contributed by atoms with Gasteiger partial charge >= 0.3 is 0 Å². The number of aliphatic hydroxyl groups excluding tert-OH is 2. The van der Waals surface area contributed by atoms with Crippen LogP contribution in [0, 0.1) is 0 Å². The number of ether oxygens (including phenoxy) is 2. The lowest BCUT2D eigenvalue weighted by Crippen LogP contribution is -2.49. The van der Waals surface area contributed by atoms with Gasteiger partial charge in [0.1, 0.15) is 0 Å². The molecule has 0 aliphatic carbocycles. The van der Waals surface area contributed by atoms with E-state index >= 15 is 0 Å². The van der Waals surface area contributed by atoms with Gasteiger partial charge in [-0.25, -0.2) is 0 Å². The molecule has 0 bridgehead atoms. The van der Waals surface area contributed by atoms with Crippen LogP contribution in [0.5, 0.6) is 0 Å². The summed E-state index contributed by atoms with van der Waals surface area (Å²) in [6.07, 6.45) is 18.4. The van der Waals surface area contributed by atoms with Crippen LogP contribution in [-0.4, -0.2) is 41.5 Å². The van der Waals surface area contributed by atoms with Crippen LogP contribution < -0.4 is 5.73 Å². The Hall–Kier alpha value is -0.200. The van der Waals surface area contributed by atoms with Gasteiger partial charge in [-0.3, -0.25) is 5.73 Å². The van der Waals surface area contributed by atoms with Crippen molar-refractivity contribution in [1.82, 2.24) is 0 Å². The van der Waals surface area contributed by atoms with Crippen molar-refractivity contribution in [2.75, 3.05) is 13.2 Å². The van der Waals surface area contributed by atoms with Gasteiger partial charge in [-0.2, -0.15) is 0 Å². The Labute approximate surface area is 180 Å². The summed E-state index contributed by atoms with van der Waals surface area (Å²) in [5, 5.41) is 18.2. The van der Waals surface area contributed by atoms with Crippen LogP contribution >= 0.6 is 0 Å². The summed E-state index contributed by atoms with van der Waals surface area (Å²) in [5.74, 6) is -1.14. The molecule has 176 valence electrons. The minimum atomic E-state index is -1.14. The Bertz CT molecular complexity index is 327. The molecule has 2 unspecified atom stereocenters. The molecule has 4 N–H and O–H groups in total. The first-order valence-electron chi connectivity index (χ1n) is 12.3. The van der Waals surface area contributed by atoms with E-state index in [0.717, 1.165) is 12.8 Å². The van der Waals surface area contributed by atoms with Crippen LogP contribution in [0.2, 0.25) is 0 Å². The normalized spacial score (nSPS) is 15.9. The summed E-state index contributed by atoms with van der Waals surface area (Å²) >= 11 is 0. The van der Waals surface area contributed by atoms with Crippen LogP contribution in [-0.2, 0) is 9.47 Å². The topological polar surface area (TPSA) is 84.9 Å². The Morgan fingerprint density at radius 2 is 1.00 bits per heavy atom. The highest BCUT2D eigenvalue weighted by Gasteiger charge is 2.30. The molecule has 5 heteroatoms. The number of unbranched alkanes of at least 4 members (excludes halogenated alkanes) is 12. The number of nitrogens with two attached hydrogens (primary N) is 1. The minimum Gasteiger partial charge on any atom is -0.396 e. The summed E-state index contributed by atoms with van der Waals surface area (Å²) in [6, 6.07) is 0. The second-order valence-electron chi connectivity index (χ2n) is 8.69. The lowest BCUT2D eigenvalue weighted by atomic mass is 10.0. The van der Waals surface area contributed by atoms with E-state index in [9.17, 15) is 0 Å². The molecule has 5 nitrogen and oxygen atoms in total. The van der Waals surface area contributed by atoms with E-state index in [1.807, 2.05) is 13.8 Å². The van der Waals surface area contributed by atoms with Gasteiger partial charge in [0.05, 0.1) is 12.2 Å². The van der Waals surface area contributed by atoms with E-state index in [4.69, 9.17) is 25.4 Å². The standard InChI is InChI=1S/C24H51NO4/c1-4-5-6-7-8-9-10-11-12-13-14-15-16-19-24(25,28-22(2)17-20-26)29-23(3)18-21-27/h22-23,26-27H,4-21,25H2,1-3H3. The third-order valence-electron chi connectivity index (χ3n) is 5.50. The highest BCUT2D eigenvalue weighted by molar-refractivity contribution is 4.68. The zero-order chi connectivity index (χ0) is 21.8. The van der Waals surface area contributed by atoms with E-state index < -0.39 is 5.91 Å². The number of aliphatic hydroxyl groups is 2. The van der Waals surface area contributed by atoms with Gasteiger partial charge < -0.3 is 19.7 Å². The van der Waals surface area contributed by atoms with Crippen LogP contribution in [0.25, 0.3) is 0 Å². The summed E-state index contributed by atoms with van der Waals surface area (Å²) in [5.41, 5.74) is 6.39. The molecule has 0 spiro atoms. The van der Waals surface area contributed by atoms with E-state index in [2.05, 4.69) is 6.92 Å². The maximum atomic E-state index is 9.10. The minimum absolute atomic E-state index is 0.0716. The average Bonchev–Trinajstić information content (AvgIpc) is 2.65. The van der Waals surface area contributed by atoms with Gasteiger partial charge in [0.25, 0.3) is 0 Å². The summed E-state index contributed by atoms with van der Waals surface area (Å²) in [7, 11) is 0. The van der Waals surface area contributed by atoms with Gasteiger partial charge in [-0.1, -0.05) is 84.0 Å². The fraction of sp³-hybridized carbons (Fsp3) is 1.00. The summed E-state index contributed by atoms with van der Waals surface area (Å²) in [6.45, 7) is 6.22. The van der Waals surface area contributed by atoms with E-state index in [0.29, 0.717) is 19.3 Å². The molecule has 0 saturated carbocycles. The third kappa shape index (κ3) is 18.3. The van der Waals surface area contributed by atoms with Crippen LogP contribution in [0.3, 0.4) is 0 Å². The van der Waals surface area contributed by atoms with E-state index in [1.165, 1.54) is 70.6 Å². The van der Waals surface area contributed by atoms with Crippen molar-refractivity contribution in [3.05, 3.63) is 0 Å². The Morgan fingerprint density at radius 1 is 0.655 bits per heavy atom. The SMILES string of the molecule is CCCCCCCCCCCCCCCC(N)(OC(C)CCO)OC(C)CCO. The van der Waals surface area contributed by atoms with Crippen LogP contribution in [0.15, 0.2) is 0 Å². The Kier molecular flexibility index (Phi) is 19.6. The first kappa shape index (κ1) is 28.8. The largest absolute Gasteiger partial charge is 0.396 e. The molecule has 0 saturated heterocycles. The molecule has 0 rings (SSSR count). The van der Waals surface area contributed by atoms with Crippen LogP contribution in [0.4, 0.5) is 0 Å². The molecule has 2 atom stereocenters. The molecule has 0 aromatic carbocycles. The zero-order valence-corrected chi connectivity index (χ0v) is 19.7. The van der Waals surface area contributed by atoms with Crippen molar-refractivity contribution < 1.29 is 19.7 Å². The second-order valence-corrected chi connectivity index (χ2v) is 8.69. The summed E-state index contributed by atoms with van der Waals surface area (Å²) in [4.78, 5) is 0. The molecule has 0 amide bonds. The maximum Gasteiger partial charge on any atom is 0.225 e. The molecular weight excluding hydrogens is 366 g/mol. The smallest absolute Gasteiger partial charge is 0.225 e. The predicted octanol–water partition coefficient (Wildman–Crippen LogP) is 5.66. The fourth-order valence-electron chi connectivity index (χ4n) is 3.70. The van der Waals surface area contributed by atoms with Crippen molar-refractivity contribution >= 4 is 0 Å². The zero-order valence-electron chi connectivity index (χ0n) is 19.7. The van der Waals surface area contributed by atoms with Crippen molar-refractivity contribution in [2.24, 2.45) is 5.73 Å². The molecule has 0 aliphatic heterocycles. The lowest BCUT2D eigenvalue weighted by molar-refractivity contribution is -0.277. The Morgan fingerprint density at radius 3 is 1.34 bits per heavy atom. The van der Waals surface area contributed by atoms with Gasteiger partial charge in [-0.15, -0.1) is 0 Å². The molecular formula is C24H51NO4. The first-order chi connectivity index (χ1) is 14.0. The molecule has 0 aromatic rings. The van der Waals surface area contributed by atoms with Crippen molar-refractivity contribution in [3.8, 4) is 0 Å². The highest BCUT2D eigenvalue weighted by Crippen LogP contribution is 2.22. The molecule has 29 heavy (non-hydrogen) atoms. The monoisotopic (exact) mass is 417 g/mol. The quantitative estimate of drug-likeness (QED) is 0.156. The van der Waals surface area contributed by atoms with E-state index in [1.54, 1.807) is 0 Å². The molecule has 0 aromatic heterocycles. The van der Waals surface area contributed by atoms with Gasteiger partial charge in [0.2, 0.25) is 5.91 Å². The summed E-state index contributed by atoms with van der Waals surface area (Å²) < 4.78 is 11.8. The second kappa shape index (κ2) is 19.7. The average molecular weight is 418 g/mol. The number of hydrogen-bond acceptors (Lipinski definition) is 5. The molecule has 0 radical (unpaired) electrons. The molecule has 0 fully saturated rings. The molecule has 0 aliphatic rings. The van der Waals surface area contributed by atoms with Gasteiger partial charge in [-0.05, 0) is 33.1 Å². The van der Waals surface area contributed by atoms with Crippen molar-refractivity contribution in [1.29, 1.82) is 0 Å². The number of hydrogen-bond donors (Lipinski definition) is 3. The lowest BCUT2D eigenvalue weighted by Gasteiger charge is -2.35. The van der Waals surface area contributed by atoms with Crippen molar-refractivity contribution in [3.63, 3.8) is 0 Å². The molecule has 0 heterocycles. The maximum absolute atomic E-state index is 9.10. The fourth-order valence-corrected chi connectivity index (χ4v) is 3.70. The van der Waals surface area contributed by atoms with E-state index in [-0.39, 0.29) is 25.4 Å². The predicted molar refractivity (Wildman–Crippen MR) is 122 cm³/mol. The highest BCUT2D eigenvalue weighted by atomic mass is 16.7. The third-order valence-corrected chi connectivity index (χ3v) is 5.50. The van der Waals surface area contributed by atoms with Crippen LogP contribution in [0.1, 0.15) is 124 Å². The number of rotatable bonds is 22. The van der Waals surface area contributed by atoms with Gasteiger partial charge in [0.15, 0.2) is 0 Å². The van der Waals surface area contributed by atoms with Crippen molar-refractivity contribution in [2.45, 2.75) is 142 Å².